The number of aromatic nitrogens is 2. The summed E-state index contributed by atoms with van der Waals surface area (Å²) in [5.74, 6) is 0.136. The average Bonchev–Trinajstić information content (AvgIpc) is 3.53. The highest BCUT2D eigenvalue weighted by Crippen LogP contribution is 2.32. The van der Waals surface area contributed by atoms with E-state index in [1.807, 2.05) is 37.3 Å². The summed E-state index contributed by atoms with van der Waals surface area (Å²) in [5, 5.41) is 9.28. The smallest absolute Gasteiger partial charge is 0.289 e. The van der Waals surface area contributed by atoms with E-state index in [9.17, 15) is 9.59 Å². The number of rotatable bonds is 4. The molecule has 5 rings (SSSR count). The first kappa shape index (κ1) is 20.8. The Morgan fingerprint density at radius 3 is 2.69 bits per heavy atom. The second kappa shape index (κ2) is 8.44. The highest BCUT2D eigenvalue weighted by molar-refractivity contribution is 7.20. The minimum atomic E-state index is -0.108. The van der Waals surface area contributed by atoms with Crippen molar-refractivity contribution in [3.05, 3.63) is 70.1 Å². The van der Waals surface area contributed by atoms with E-state index in [0.29, 0.717) is 41.6 Å². The Balaban J connectivity index is 1.28. The van der Waals surface area contributed by atoms with Crippen LogP contribution in [0.5, 0.6) is 0 Å². The van der Waals surface area contributed by atoms with Gasteiger partial charge in [0, 0.05) is 24.5 Å². The van der Waals surface area contributed by atoms with Gasteiger partial charge in [-0.1, -0.05) is 23.7 Å². The van der Waals surface area contributed by atoms with Crippen LogP contribution >= 0.6 is 22.9 Å². The van der Waals surface area contributed by atoms with Crippen LogP contribution in [0.3, 0.4) is 0 Å². The van der Waals surface area contributed by atoms with Crippen molar-refractivity contribution in [1.29, 1.82) is 0 Å². The third-order valence-corrected chi connectivity index (χ3v) is 7.13. The van der Waals surface area contributed by atoms with Gasteiger partial charge in [0.15, 0.2) is 5.76 Å². The molecule has 7 nitrogen and oxygen atoms in total. The molecule has 3 aromatic heterocycles. The fourth-order valence-electron chi connectivity index (χ4n) is 3.99. The Labute approximate surface area is 193 Å². The van der Waals surface area contributed by atoms with Crippen molar-refractivity contribution in [3.63, 3.8) is 0 Å². The molecule has 0 atom stereocenters. The molecule has 1 saturated heterocycles. The van der Waals surface area contributed by atoms with Gasteiger partial charge < -0.3 is 14.6 Å². The number of carbonyl (C=O) groups excluding carboxylic acids is 2. The van der Waals surface area contributed by atoms with Gasteiger partial charge in [-0.3, -0.25) is 9.59 Å². The predicted molar refractivity (Wildman–Crippen MR) is 124 cm³/mol. The number of fused-ring (bicyclic) bond motifs is 1. The molecule has 0 aliphatic carbocycles. The number of para-hydroxylation sites is 1. The topological polar surface area (TPSA) is 80.4 Å². The van der Waals surface area contributed by atoms with E-state index in [1.165, 1.54) is 17.6 Å². The average molecular weight is 469 g/mol. The van der Waals surface area contributed by atoms with Crippen LogP contribution in [0.1, 0.15) is 38.8 Å². The molecule has 4 heterocycles. The maximum absolute atomic E-state index is 13.0. The summed E-state index contributed by atoms with van der Waals surface area (Å²) in [4.78, 5) is 28.7. The number of halogens is 1. The lowest BCUT2D eigenvalue weighted by Gasteiger charge is -2.31. The van der Waals surface area contributed by atoms with Crippen molar-refractivity contribution in [3.8, 4) is 5.69 Å². The van der Waals surface area contributed by atoms with Gasteiger partial charge in [-0.25, -0.2) is 4.68 Å². The zero-order chi connectivity index (χ0) is 22.2. The van der Waals surface area contributed by atoms with Crippen LogP contribution in [-0.4, -0.2) is 45.6 Å². The molecule has 9 heteroatoms. The van der Waals surface area contributed by atoms with E-state index in [1.54, 1.807) is 21.7 Å². The first-order valence-electron chi connectivity index (χ1n) is 10.4. The summed E-state index contributed by atoms with van der Waals surface area (Å²) in [6.45, 7) is 3.09. The zero-order valence-corrected chi connectivity index (χ0v) is 18.9. The zero-order valence-electron chi connectivity index (χ0n) is 17.4. The Hall–Kier alpha value is -3.10. The van der Waals surface area contributed by atoms with Gasteiger partial charge in [-0.2, -0.15) is 5.10 Å². The van der Waals surface area contributed by atoms with Crippen molar-refractivity contribution in [1.82, 2.24) is 20.0 Å². The lowest BCUT2D eigenvalue weighted by molar-refractivity contribution is 0.0667. The first-order chi connectivity index (χ1) is 15.5. The summed E-state index contributed by atoms with van der Waals surface area (Å²) in [7, 11) is 0. The molecule has 1 fully saturated rings. The third kappa shape index (κ3) is 3.80. The van der Waals surface area contributed by atoms with E-state index in [0.717, 1.165) is 21.6 Å². The standard InChI is InChI=1S/C23H21ClN4O3S/c1-14-16-13-20(32-23(16)28(26-14)18-6-3-2-5-17(18)24)21(29)25-15-8-10-27(11-9-15)22(30)19-7-4-12-31-19/h2-7,12-13,15H,8-11H2,1H3,(H,25,29). The lowest BCUT2D eigenvalue weighted by atomic mass is 10.0. The highest BCUT2D eigenvalue weighted by atomic mass is 35.5. The van der Waals surface area contributed by atoms with Gasteiger partial charge >= 0.3 is 0 Å². The predicted octanol–water partition coefficient (Wildman–Crippen LogP) is 4.68. The molecule has 0 unspecified atom stereocenters. The molecular formula is C23H21ClN4O3S. The summed E-state index contributed by atoms with van der Waals surface area (Å²) >= 11 is 7.77. The molecule has 164 valence electrons. The third-order valence-electron chi connectivity index (χ3n) is 5.70. The number of thiophene rings is 1. The molecule has 1 aromatic carbocycles. The first-order valence-corrected chi connectivity index (χ1v) is 11.6. The Morgan fingerprint density at radius 2 is 1.97 bits per heavy atom. The quantitative estimate of drug-likeness (QED) is 0.471. The van der Waals surface area contributed by atoms with Crippen LogP contribution in [0.15, 0.2) is 53.1 Å². The van der Waals surface area contributed by atoms with Crippen molar-refractivity contribution in [2.24, 2.45) is 0 Å². The Kier molecular flexibility index (Phi) is 5.48. The largest absolute Gasteiger partial charge is 0.459 e. The Bertz CT molecular complexity index is 1290. The number of nitrogens with zero attached hydrogens (tertiary/aromatic N) is 3. The van der Waals surface area contributed by atoms with Crippen molar-refractivity contribution < 1.29 is 14.0 Å². The van der Waals surface area contributed by atoms with E-state index in [-0.39, 0.29) is 17.9 Å². The Morgan fingerprint density at radius 1 is 1.19 bits per heavy atom. The molecule has 2 amide bonds. The summed E-state index contributed by atoms with van der Waals surface area (Å²) in [6.07, 6.45) is 2.91. The van der Waals surface area contributed by atoms with Gasteiger partial charge in [-0.15, -0.1) is 11.3 Å². The van der Waals surface area contributed by atoms with Crippen molar-refractivity contribution in [2.45, 2.75) is 25.8 Å². The fraction of sp³-hybridized carbons (Fsp3) is 0.261. The molecule has 1 aliphatic rings. The maximum Gasteiger partial charge on any atom is 0.289 e. The number of nitrogens with one attached hydrogen (secondary N) is 1. The van der Waals surface area contributed by atoms with Crippen molar-refractivity contribution in [2.75, 3.05) is 13.1 Å². The number of amides is 2. The van der Waals surface area contributed by atoms with E-state index < -0.39 is 0 Å². The monoisotopic (exact) mass is 468 g/mol. The SMILES string of the molecule is Cc1nn(-c2ccccc2Cl)c2sc(C(=O)NC3CCN(C(=O)c4ccco4)CC3)cc12. The normalized spacial score (nSPS) is 14.8. The van der Waals surface area contributed by atoms with Crippen LogP contribution in [0, 0.1) is 6.92 Å². The molecule has 0 radical (unpaired) electrons. The van der Waals surface area contributed by atoms with Crippen LogP contribution < -0.4 is 5.32 Å². The number of piperidine rings is 1. The molecule has 1 aliphatic heterocycles. The van der Waals surface area contributed by atoms with Gasteiger partial charge in [0.1, 0.15) is 4.83 Å². The second-order valence-electron chi connectivity index (χ2n) is 7.80. The van der Waals surface area contributed by atoms with Crippen LogP contribution in [0.4, 0.5) is 0 Å². The summed E-state index contributed by atoms with van der Waals surface area (Å²) in [6, 6.07) is 12.8. The maximum atomic E-state index is 13.0. The number of hydrogen-bond acceptors (Lipinski definition) is 5. The molecule has 0 bridgehead atoms. The number of aryl methyl sites for hydroxylation is 1. The van der Waals surface area contributed by atoms with Gasteiger partial charge in [-0.05, 0) is 50.1 Å². The van der Waals surface area contributed by atoms with Gasteiger partial charge in [0.2, 0.25) is 0 Å². The van der Waals surface area contributed by atoms with Crippen LogP contribution in [-0.2, 0) is 0 Å². The minimum absolute atomic E-state index is 0.0227. The molecule has 0 saturated carbocycles. The van der Waals surface area contributed by atoms with E-state index in [2.05, 4.69) is 10.4 Å². The minimum Gasteiger partial charge on any atom is -0.459 e. The van der Waals surface area contributed by atoms with Crippen LogP contribution in [0.25, 0.3) is 15.9 Å². The fourth-order valence-corrected chi connectivity index (χ4v) is 5.28. The summed E-state index contributed by atoms with van der Waals surface area (Å²) < 4.78 is 7.00. The highest BCUT2D eigenvalue weighted by Gasteiger charge is 2.27. The van der Waals surface area contributed by atoms with Crippen molar-refractivity contribution >= 4 is 45.0 Å². The second-order valence-corrected chi connectivity index (χ2v) is 9.23. The molecule has 0 spiro atoms. The lowest BCUT2D eigenvalue weighted by Crippen LogP contribution is -2.46. The molecule has 1 N–H and O–H groups in total. The number of benzene rings is 1. The molecular weight excluding hydrogens is 448 g/mol. The number of furan rings is 1. The van der Waals surface area contributed by atoms with E-state index in [4.69, 9.17) is 16.0 Å². The number of hydrogen-bond donors (Lipinski definition) is 1. The number of likely N-dealkylation sites (tertiary alicyclic amines) is 1. The van der Waals surface area contributed by atoms with E-state index >= 15 is 0 Å². The molecule has 32 heavy (non-hydrogen) atoms. The van der Waals surface area contributed by atoms with Crippen LogP contribution in [0.2, 0.25) is 5.02 Å². The van der Waals surface area contributed by atoms with Gasteiger partial charge in [0.05, 0.1) is 27.5 Å². The molecule has 4 aromatic rings. The van der Waals surface area contributed by atoms with Gasteiger partial charge in [0.25, 0.3) is 11.8 Å². The summed E-state index contributed by atoms with van der Waals surface area (Å²) in [5.41, 5.74) is 1.63. The number of carbonyl (C=O) groups is 2.